The fourth-order valence-electron chi connectivity index (χ4n) is 1.50. The summed E-state index contributed by atoms with van der Waals surface area (Å²) in [6.07, 6.45) is 0.800. The molecule has 0 aliphatic rings. The lowest BCUT2D eigenvalue weighted by Gasteiger charge is -2.21. The van der Waals surface area contributed by atoms with Crippen molar-refractivity contribution in [2.45, 2.75) is 31.2 Å². The minimum absolute atomic E-state index is 0.0835. The number of rotatable bonds is 6. The zero-order chi connectivity index (χ0) is 13.8. The van der Waals surface area contributed by atoms with Crippen LogP contribution in [0.3, 0.4) is 0 Å². The van der Waals surface area contributed by atoms with Gasteiger partial charge >= 0.3 is 0 Å². The van der Waals surface area contributed by atoms with Crippen LogP contribution in [-0.2, 0) is 10.0 Å². The van der Waals surface area contributed by atoms with Crippen LogP contribution in [0.15, 0.2) is 33.6 Å². The third-order valence-electron chi connectivity index (χ3n) is 2.96. The fraction of sp³-hybridized carbons (Fsp3) is 0.500. The van der Waals surface area contributed by atoms with E-state index in [1.807, 2.05) is 13.8 Å². The second-order valence-corrected chi connectivity index (χ2v) is 6.88. The van der Waals surface area contributed by atoms with Crippen molar-refractivity contribution in [2.75, 3.05) is 6.61 Å². The Morgan fingerprint density at radius 1 is 1.33 bits per heavy atom. The van der Waals surface area contributed by atoms with Crippen molar-refractivity contribution in [3.05, 3.63) is 28.7 Å². The molecule has 102 valence electrons. The highest BCUT2D eigenvalue weighted by Crippen LogP contribution is 2.16. The summed E-state index contributed by atoms with van der Waals surface area (Å²) in [7, 11) is -3.57. The number of hydrogen-bond acceptors (Lipinski definition) is 3. The molecule has 0 fully saturated rings. The molecule has 0 saturated heterocycles. The van der Waals surface area contributed by atoms with Gasteiger partial charge in [0.1, 0.15) is 0 Å². The Bertz CT molecular complexity index is 473. The Morgan fingerprint density at radius 2 is 1.89 bits per heavy atom. The van der Waals surface area contributed by atoms with Crippen molar-refractivity contribution >= 4 is 26.0 Å². The van der Waals surface area contributed by atoms with Crippen molar-refractivity contribution < 1.29 is 13.5 Å². The number of aliphatic hydroxyl groups is 1. The summed E-state index contributed by atoms with van der Waals surface area (Å²) in [5.74, 6) is 0.0835. The summed E-state index contributed by atoms with van der Waals surface area (Å²) in [6, 6.07) is 5.94. The van der Waals surface area contributed by atoms with E-state index in [2.05, 4.69) is 20.7 Å². The molecule has 0 amide bonds. The molecule has 1 rings (SSSR count). The molecule has 6 heteroatoms. The number of nitrogens with one attached hydrogen (secondary N) is 1. The maximum Gasteiger partial charge on any atom is 0.240 e. The van der Waals surface area contributed by atoms with E-state index < -0.39 is 16.1 Å². The molecule has 0 aliphatic heterocycles. The van der Waals surface area contributed by atoms with Gasteiger partial charge in [-0.25, -0.2) is 13.1 Å². The maximum atomic E-state index is 12.1. The topological polar surface area (TPSA) is 66.4 Å². The van der Waals surface area contributed by atoms with Gasteiger partial charge in [0.25, 0.3) is 0 Å². The zero-order valence-corrected chi connectivity index (χ0v) is 12.8. The molecule has 2 N–H and O–H groups in total. The Hall–Kier alpha value is -0.430. The number of aliphatic hydroxyl groups excluding tert-OH is 1. The Morgan fingerprint density at radius 3 is 2.33 bits per heavy atom. The van der Waals surface area contributed by atoms with E-state index in [4.69, 9.17) is 0 Å². The fourth-order valence-corrected chi connectivity index (χ4v) is 3.10. The molecule has 1 aromatic carbocycles. The highest BCUT2D eigenvalue weighted by atomic mass is 79.9. The van der Waals surface area contributed by atoms with Crippen LogP contribution in [0.25, 0.3) is 0 Å². The molecule has 0 bridgehead atoms. The summed E-state index contributed by atoms with van der Waals surface area (Å²) in [5.41, 5.74) is 0. The molecule has 0 heterocycles. The average Bonchev–Trinajstić information content (AvgIpc) is 2.35. The van der Waals surface area contributed by atoms with E-state index >= 15 is 0 Å². The summed E-state index contributed by atoms with van der Waals surface area (Å²) < 4.78 is 27.5. The van der Waals surface area contributed by atoms with Crippen LogP contribution >= 0.6 is 15.9 Å². The van der Waals surface area contributed by atoms with Crippen molar-refractivity contribution in [1.82, 2.24) is 4.72 Å². The second kappa shape index (κ2) is 6.65. The molecular formula is C12H18BrNO3S. The van der Waals surface area contributed by atoms with Gasteiger partial charge in [-0.3, -0.25) is 0 Å². The van der Waals surface area contributed by atoms with Crippen molar-refractivity contribution in [2.24, 2.45) is 5.92 Å². The average molecular weight is 336 g/mol. The predicted molar refractivity (Wildman–Crippen MR) is 74.8 cm³/mol. The first-order valence-corrected chi connectivity index (χ1v) is 8.07. The zero-order valence-electron chi connectivity index (χ0n) is 10.4. The molecule has 0 radical (unpaired) electrons. The van der Waals surface area contributed by atoms with Crippen LogP contribution < -0.4 is 4.72 Å². The minimum atomic E-state index is -3.57. The molecule has 0 aromatic heterocycles. The summed E-state index contributed by atoms with van der Waals surface area (Å²) in [6.45, 7) is 3.66. The lowest BCUT2D eigenvalue weighted by Crippen LogP contribution is -2.41. The molecule has 0 aliphatic carbocycles. The normalized spacial score (nSPS) is 15.3. The summed E-state index contributed by atoms with van der Waals surface area (Å²) in [5, 5.41) is 9.25. The van der Waals surface area contributed by atoms with Gasteiger partial charge in [0.2, 0.25) is 10.0 Å². The molecule has 1 aromatic rings. The van der Waals surface area contributed by atoms with Crippen LogP contribution in [0, 0.1) is 5.92 Å². The van der Waals surface area contributed by atoms with Crippen LogP contribution in [0.2, 0.25) is 0 Å². The van der Waals surface area contributed by atoms with Crippen LogP contribution in [0.4, 0.5) is 0 Å². The third kappa shape index (κ3) is 4.05. The smallest absolute Gasteiger partial charge is 0.240 e. The lowest BCUT2D eigenvalue weighted by molar-refractivity contribution is 0.219. The number of benzene rings is 1. The van der Waals surface area contributed by atoms with Gasteiger partial charge in [0.05, 0.1) is 11.5 Å². The van der Waals surface area contributed by atoms with Crippen molar-refractivity contribution in [3.63, 3.8) is 0 Å². The minimum Gasteiger partial charge on any atom is -0.395 e. The molecular weight excluding hydrogens is 318 g/mol. The van der Waals surface area contributed by atoms with Crippen molar-refractivity contribution in [3.8, 4) is 0 Å². The number of halogens is 1. The van der Waals surface area contributed by atoms with Gasteiger partial charge in [-0.1, -0.05) is 36.2 Å². The quantitative estimate of drug-likeness (QED) is 0.836. The third-order valence-corrected chi connectivity index (χ3v) is 4.99. The van der Waals surface area contributed by atoms with E-state index in [0.717, 1.165) is 10.9 Å². The van der Waals surface area contributed by atoms with E-state index in [0.29, 0.717) is 0 Å². The van der Waals surface area contributed by atoms with Gasteiger partial charge in [-0.15, -0.1) is 0 Å². The number of sulfonamides is 1. The highest BCUT2D eigenvalue weighted by molar-refractivity contribution is 9.10. The molecule has 4 nitrogen and oxygen atoms in total. The predicted octanol–water partition coefficient (Wildman–Crippen LogP) is 2.13. The number of hydrogen-bond donors (Lipinski definition) is 2. The van der Waals surface area contributed by atoms with Gasteiger partial charge in [0.15, 0.2) is 0 Å². The van der Waals surface area contributed by atoms with Gasteiger partial charge in [0, 0.05) is 10.5 Å². The second-order valence-electron chi connectivity index (χ2n) is 4.25. The molecule has 0 spiro atoms. The summed E-state index contributed by atoms with van der Waals surface area (Å²) in [4.78, 5) is 0.201. The Balaban J connectivity index is 2.90. The first-order chi connectivity index (χ1) is 8.40. The maximum absolute atomic E-state index is 12.1. The monoisotopic (exact) mass is 335 g/mol. The van der Waals surface area contributed by atoms with Crippen LogP contribution in [0.1, 0.15) is 20.3 Å². The Kier molecular flexibility index (Phi) is 5.78. The largest absolute Gasteiger partial charge is 0.395 e. The molecule has 18 heavy (non-hydrogen) atoms. The Labute approximate surface area is 117 Å². The van der Waals surface area contributed by atoms with E-state index in [1.54, 1.807) is 12.1 Å². The molecule has 0 saturated carbocycles. The standard InChI is InChI=1S/C12H18BrNO3S/c1-3-9(2)12(8-15)14-18(16,17)11-6-4-10(13)5-7-11/h4-7,9,12,14-15H,3,8H2,1-2H3/t9-,12?/m1/s1. The van der Waals surface area contributed by atoms with E-state index in [9.17, 15) is 13.5 Å². The molecule has 2 atom stereocenters. The first-order valence-electron chi connectivity index (χ1n) is 5.79. The molecule has 1 unspecified atom stereocenters. The van der Waals surface area contributed by atoms with Gasteiger partial charge in [-0.05, 0) is 30.2 Å². The lowest BCUT2D eigenvalue weighted by atomic mass is 10.0. The van der Waals surface area contributed by atoms with Gasteiger partial charge in [-0.2, -0.15) is 0 Å². The van der Waals surface area contributed by atoms with Crippen LogP contribution in [0.5, 0.6) is 0 Å². The summed E-state index contributed by atoms with van der Waals surface area (Å²) >= 11 is 3.26. The van der Waals surface area contributed by atoms with E-state index in [-0.39, 0.29) is 17.4 Å². The first kappa shape index (κ1) is 15.6. The van der Waals surface area contributed by atoms with Gasteiger partial charge < -0.3 is 5.11 Å². The highest BCUT2D eigenvalue weighted by Gasteiger charge is 2.22. The SMILES string of the molecule is CC[C@@H](C)C(CO)NS(=O)(=O)c1ccc(Br)cc1. The van der Waals surface area contributed by atoms with E-state index in [1.165, 1.54) is 12.1 Å². The van der Waals surface area contributed by atoms with Crippen LogP contribution in [-0.4, -0.2) is 26.2 Å². The van der Waals surface area contributed by atoms with Crippen molar-refractivity contribution in [1.29, 1.82) is 0 Å².